The van der Waals surface area contributed by atoms with Gasteiger partial charge >= 0.3 is 0 Å². The fraction of sp³-hybridized carbons (Fsp3) is 0.600. The van der Waals surface area contributed by atoms with Gasteiger partial charge in [-0.3, -0.25) is 4.90 Å². The van der Waals surface area contributed by atoms with Crippen molar-refractivity contribution in [3.63, 3.8) is 0 Å². The summed E-state index contributed by atoms with van der Waals surface area (Å²) in [5.41, 5.74) is 1.05. The maximum absolute atomic E-state index is 6.24. The molecule has 1 aliphatic heterocycles. The van der Waals surface area contributed by atoms with Crippen LogP contribution in [0.5, 0.6) is 0 Å². The van der Waals surface area contributed by atoms with Gasteiger partial charge < -0.3 is 10.1 Å². The highest BCUT2D eigenvalue weighted by Crippen LogP contribution is 2.26. The first kappa shape index (κ1) is 16.1. The number of ether oxygens (including phenoxy) is 1. The van der Waals surface area contributed by atoms with Gasteiger partial charge in [-0.15, -0.1) is 0 Å². The number of nitrogens with one attached hydrogen (secondary N) is 1. The third-order valence-electron chi connectivity index (χ3n) is 3.59. The van der Waals surface area contributed by atoms with Crippen LogP contribution in [0.4, 0.5) is 0 Å². The van der Waals surface area contributed by atoms with Crippen molar-refractivity contribution < 1.29 is 4.74 Å². The molecule has 112 valence electrons. The van der Waals surface area contributed by atoms with Crippen LogP contribution in [-0.4, -0.2) is 43.8 Å². The average molecular weight is 317 g/mol. The molecule has 2 unspecified atom stereocenters. The molecule has 5 heteroatoms. The van der Waals surface area contributed by atoms with Gasteiger partial charge in [0.05, 0.1) is 13.2 Å². The van der Waals surface area contributed by atoms with Crippen molar-refractivity contribution in [3.8, 4) is 0 Å². The Morgan fingerprint density at radius 3 is 2.65 bits per heavy atom. The second kappa shape index (κ2) is 7.62. The van der Waals surface area contributed by atoms with Gasteiger partial charge in [-0.2, -0.15) is 0 Å². The first-order valence-electron chi connectivity index (χ1n) is 7.07. The number of nitrogens with zero attached hydrogens (tertiary/aromatic N) is 1. The van der Waals surface area contributed by atoms with Gasteiger partial charge in [0.25, 0.3) is 0 Å². The zero-order chi connectivity index (χ0) is 14.5. The highest BCUT2D eigenvalue weighted by molar-refractivity contribution is 6.33. The average Bonchev–Trinajstić information content (AvgIpc) is 2.42. The maximum Gasteiger partial charge on any atom is 0.0594 e. The van der Waals surface area contributed by atoms with Crippen molar-refractivity contribution in [3.05, 3.63) is 33.8 Å². The molecule has 0 aliphatic carbocycles. The van der Waals surface area contributed by atoms with E-state index in [-0.39, 0.29) is 6.04 Å². The second-order valence-corrected chi connectivity index (χ2v) is 6.21. The zero-order valence-corrected chi connectivity index (χ0v) is 13.5. The predicted octanol–water partition coefficient (Wildman–Crippen LogP) is 3.36. The van der Waals surface area contributed by atoms with Crippen molar-refractivity contribution in [1.82, 2.24) is 10.2 Å². The van der Waals surface area contributed by atoms with Gasteiger partial charge in [-0.25, -0.2) is 0 Å². The Morgan fingerprint density at radius 2 is 1.95 bits per heavy atom. The van der Waals surface area contributed by atoms with E-state index in [0.717, 1.165) is 48.5 Å². The molecule has 3 nitrogen and oxygen atoms in total. The highest BCUT2D eigenvalue weighted by Gasteiger charge is 2.17. The van der Waals surface area contributed by atoms with Crippen molar-refractivity contribution in [2.45, 2.75) is 25.9 Å². The molecule has 0 saturated carbocycles. The summed E-state index contributed by atoms with van der Waals surface area (Å²) in [5.74, 6) is 0. The van der Waals surface area contributed by atoms with E-state index in [1.807, 2.05) is 18.2 Å². The van der Waals surface area contributed by atoms with Crippen LogP contribution in [-0.2, 0) is 4.74 Å². The van der Waals surface area contributed by atoms with Crippen LogP contribution in [0.2, 0.25) is 10.0 Å². The number of rotatable bonds is 5. The number of benzene rings is 1. The predicted molar refractivity (Wildman–Crippen MR) is 84.7 cm³/mol. The first-order valence-corrected chi connectivity index (χ1v) is 7.83. The molecule has 0 radical (unpaired) electrons. The summed E-state index contributed by atoms with van der Waals surface area (Å²) in [5, 5.41) is 5.06. The smallest absolute Gasteiger partial charge is 0.0594 e. The minimum absolute atomic E-state index is 0.178. The summed E-state index contributed by atoms with van der Waals surface area (Å²) in [7, 11) is 0. The molecule has 1 aliphatic rings. The number of hydrogen-bond acceptors (Lipinski definition) is 3. The van der Waals surface area contributed by atoms with Crippen LogP contribution in [0.3, 0.4) is 0 Å². The van der Waals surface area contributed by atoms with Gasteiger partial charge in [0.2, 0.25) is 0 Å². The van der Waals surface area contributed by atoms with E-state index in [9.17, 15) is 0 Å². The Bertz CT molecular complexity index is 436. The monoisotopic (exact) mass is 316 g/mol. The van der Waals surface area contributed by atoms with Gasteiger partial charge in [-0.1, -0.05) is 23.2 Å². The fourth-order valence-electron chi connectivity index (χ4n) is 2.59. The Kier molecular flexibility index (Phi) is 6.12. The van der Waals surface area contributed by atoms with Crippen molar-refractivity contribution >= 4 is 23.2 Å². The van der Waals surface area contributed by atoms with E-state index in [1.54, 1.807) is 0 Å². The van der Waals surface area contributed by atoms with E-state index < -0.39 is 0 Å². The summed E-state index contributed by atoms with van der Waals surface area (Å²) >= 11 is 12.3. The largest absolute Gasteiger partial charge is 0.379 e. The third-order valence-corrected chi connectivity index (χ3v) is 4.17. The zero-order valence-electron chi connectivity index (χ0n) is 12.0. The lowest BCUT2D eigenvalue weighted by Gasteiger charge is -2.31. The molecule has 20 heavy (non-hydrogen) atoms. The highest BCUT2D eigenvalue weighted by atomic mass is 35.5. The normalized spacial score (nSPS) is 19.8. The summed E-state index contributed by atoms with van der Waals surface area (Å²) < 4.78 is 5.37. The maximum atomic E-state index is 6.24. The molecule has 2 atom stereocenters. The first-order chi connectivity index (χ1) is 9.56. The molecule has 0 amide bonds. The van der Waals surface area contributed by atoms with Gasteiger partial charge in [0.1, 0.15) is 0 Å². The fourth-order valence-corrected chi connectivity index (χ4v) is 3.05. The molecular formula is C15H22Cl2N2O. The molecule has 1 aromatic carbocycles. The molecule has 1 aromatic rings. The quantitative estimate of drug-likeness (QED) is 0.901. The lowest BCUT2D eigenvalue weighted by atomic mass is 10.1. The Balaban J connectivity index is 1.89. The lowest BCUT2D eigenvalue weighted by Crippen LogP contribution is -2.45. The van der Waals surface area contributed by atoms with Crippen molar-refractivity contribution in [2.24, 2.45) is 0 Å². The summed E-state index contributed by atoms with van der Waals surface area (Å²) in [6.07, 6.45) is 0. The minimum Gasteiger partial charge on any atom is -0.379 e. The van der Waals surface area contributed by atoms with Crippen LogP contribution in [0.1, 0.15) is 25.5 Å². The van der Waals surface area contributed by atoms with E-state index >= 15 is 0 Å². The molecule has 0 bridgehead atoms. The SMILES string of the molecule is CC(CN1CCOCC1)NC(C)c1cc(Cl)ccc1Cl. The van der Waals surface area contributed by atoms with Crippen molar-refractivity contribution in [1.29, 1.82) is 0 Å². The van der Waals surface area contributed by atoms with Gasteiger partial charge in [0, 0.05) is 41.8 Å². The third kappa shape index (κ3) is 4.61. The van der Waals surface area contributed by atoms with E-state index in [4.69, 9.17) is 27.9 Å². The molecular weight excluding hydrogens is 295 g/mol. The molecule has 2 rings (SSSR count). The second-order valence-electron chi connectivity index (χ2n) is 5.37. The molecule has 1 heterocycles. The lowest BCUT2D eigenvalue weighted by molar-refractivity contribution is 0.0339. The van der Waals surface area contributed by atoms with Gasteiger partial charge in [-0.05, 0) is 37.6 Å². The topological polar surface area (TPSA) is 24.5 Å². The Labute approximate surface area is 131 Å². The standard InChI is InChI=1S/C15H22Cl2N2O/c1-11(10-19-5-7-20-8-6-19)18-12(2)14-9-13(16)3-4-15(14)17/h3-4,9,11-12,18H,5-8,10H2,1-2H3. The van der Waals surface area contributed by atoms with Crippen molar-refractivity contribution in [2.75, 3.05) is 32.8 Å². The summed E-state index contributed by atoms with van der Waals surface area (Å²) in [6, 6.07) is 6.17. The number of morpholine rings is 1. The summed E-state index contributed by atoms with van der Waals surface area (Å²) in [4.78, 5) is 2.42. The van der Waals surface area contributed by atoms with E-state index in [2.05, 4.69) is 24.1 Å². The molecule has 0 aromatic heterocycles. The molecule has 1 saturated heterocycles. The molecule has 1 N–H and O–H groups in total. The van der Waals surface area contributed by atoms with Crippen LogP contribution in [0.15, 0.2) is 18.2 Å². The van der Waals surface area contributed by atoms with E-state index in [1.165, 1.54) is 0 Å². The summed E-state index contributed by atoms with van der Waals surface area (Å²) in [6.45, 7) is 9.03. The molecule has 1 fully saturated rings. The van der Waals surface area contributed by atoms with Gasteiger partial charge in [0.15, 0.2) is 0 Å². The Hall–Kier alpha value is -0.320. The number of hydrogen-bond donors (Lipinski definition) is 1. The minimum atomic E-state index is 0.178. The number of halogens is 2. The van der Waals surface area contributed by atoms with Crippen LogP contribution in [0, 0.1) is 0 Å². The van der Waals surface area contributed by atoms with Crippen LogP contribution in [0.25, 0.3) is 0 Å². The van der Waals surface area contributed by atoms with Crippen LogP contribution < -0.4 is 5.32 Å². The van der Waals surface area contributed by atoms with Crippen LogP contribution >= 0.6 is 23.2 Å². The molecule has 0 spiro atoms. The Morgan fingerprint density at radius 1 is 1.25 bits per heavy atom. The van der Waals surface area contributed by atoms with E-state index in [0.29, 0.717) is 6.04 Å².